The number of fused-ring (bicyclic) bond motifs is 14. The largest absolute Gasteiger partial charge is 0.309 e. The Labute approximate surface area is 346 Å². The van der Waals surface area contributed by atoms with Crippen LogP contribution in [0.15, 0.2) is 176 Å². The Morgan fingerprint density at radius 1 is 0.350 bits per heavy atom. The normalized spacial score (nSPS) is 12.0. The Morgan fingerprint density at radius 2 is 0.883 bits per heavy atom. The van der Waals surface area contributed by atoms with Gasteiger partial charge >= 0.3 is 0 Å². The summed E-state index contributed by atoms with van der Waals surface area (Å²) in [5.41, 5.74) is 9.60. The summed E-state index contributed by atoms with van der Waals surface area (Å²) in [5.74, 6) is 0. The van der Waals surface area contributed by atoms with Crippen molar-refractivity contribution in [1.82, 2.24) is 13.7 Å². The molecule has 0 saturated heterocycles. The molecular formula is C54H29N5S. The molecule has 0 aliphatic rings. The minimum Gasteiger partial charge on any atom is -0.309 e. The Hall–Kier alpha value is -8.16. The van der Waals surface area contributed by atoms with Crippen molar-refractivity contribution in [2.45, 2.75) is 0 Å². The van der Waals surface area contributed by atoms with E-state index in [-0.39, 0.29) is 0 Å². The molecule has 13 aromatic rings. The summed E-state index contributed by atoms with van der Waals surface area (Å²) in [4.78, 5) is 0. The molecule has 0 fully saturated rings. The van der Waals surface area contributed by atoms with E-state index in [0.29, 0.717) is 22.5 Å². The predicted octanol–water partition coefficient (Wildman–Crippen LogP) is 14.2. The molecule has 9 aromatic carbocycles. The zero-order valence-electron chi connectivity index (χ0n) is 31.9. The Bertz CT molecular complexity index is 4050. The highest BCUT2D eigenvalue weighted by Crippen LogP contribution is 2.44. The molecule has 276 valence electrons. The van der Waals surface area contributed by atoms with Crippen molar-refractivity contribution >= 4 is 108 Å². The van der Waals surface area contributed by atoms with Crippen LogP contribution in [0.2, 0.25) is 0 Å². The van der Waals surface area contributed by atoms with Gasteiger partial charge in [0.25, 0.3) is 0 Å². The molecule has 0 saturated carbocycles. The minimum absolute atomic E-state index is 0.484. The quantitative estimate of drug-likeness (QED) is 0.179. The number of benzene rings is 9. The molecule has 4 aromatic heterocycles. The van der Waals surface area contributed by atoms with Crippen LogP contribution in [-0.2, 0) is 0 Å². The number of hydrogen-bond acceptors (Lipinski definition) is 3. The van der Waals surface area contributed by atoms with E-state index in [1.165, 1.54) is 30.9 Å². The van der Waals surface area contributed by atoms with Gasteiger partial charge in [0, 0.05) is 58.2 Å². The molecule has 0 aliphatic heterocycles. The van der Waals surface area contributed by atoms with Crippen LogP contribution in [0, 0.1) is 22.7 Å². The highest BCUT2D eigenvalue weighted by atomic mass is 32.1. The first-order valence-electron chi connectivity index (χ1n) is 20.0. The van der Waals surface area contributed by atoms with Gasteiger partial charge in [-0.15, -0.1) is 11.3 Å². The van der Waals surface area contributed by atoms with E-state index in [1.807, 2.05) is 18.2 Å². The van der Waals surface area contributed by atoms with Gasteiger partial charge < -0.3 is 13.7 Å². The average Bonchev–Trinajstić information content (AvgIpc) is 4.03. The topological polar surface area (TPSA) is 62.4 Å². The lowest BCUT2D eigenvalue weighted by Gasteiger charge is -2.16. The summed E-state index contributed by atoms with van der Waals surface area (Å²) < 4.78 is 9.11. The second-order valence-electron chi connectivity index (χ2n) is 15.5. The Morgan fingerprint density at radius 3 is 1.58 bits per heavy atom. The van der Waals surface area contributed by atoms with Crippen LogP contribution in [0.5, 0.6) is 0 Å². The second-order valence-corrected chi connectivity index (χ2v) is 16.6. The predicted molar refractivity (Wildman–Crippen MR) is 249 cm³/mol. The van der Waals surface area contributed by atoms with Crippen molar-refractivity contribution in [3.63, 3.8) is 0 Å². The van der Waals surface area contributed by atoms with Gasteiger partial charge in [0.1, 0.15) is 12.1 Å². The van der Waals surface area contributed by atoms with Gasteiger partial charge in [0.2, 0.25) is 0 Å². The van der Waals surface area contributed by atoms with Crippen LogP contribution in [0.3, 0.4) is 0 Å². The third-order valence-corrected chi connectivity index (χ3v) is 13.6. The van der Waals surface area contributed by atoms with E-state index in [0.717, 1.165) is 71.1 Å². The average molecular weight is 780 g/mol. The van der Waals surface area contributed by atoms with Gasteiger partial charge in [-0.25, -0.2) is 0 Å². The van der Waals surface area contributed by atoms with Crippen LogP contribution in [0.25, 0.3) is 113 Å². The van der Waals surface area contributed by atoms with Crippen LogP contribution in [0.4, 0.5) is 0 Å². The summed E-state index contributed by atoms with van der Waals surface area (Å²) in [6.45, 7) is 0. The summed E-state index contributed by atoms with van der Waals surface area (Å²) >= 11 is 1.78. The van der Waals surface area contributed by atoms with E-state index >= 15 is 0 Å². The fourth-order valence-electron chi connectivity index (χ4n) is 9.95. The standard InChI is InChI=1S/C54H29N5S/c55-30-33-26-50(34(31-56)25-49(33)58-46-19-9-5-16-40(46)54-36-12-2-1-11-32(36)21-23-48(54)58)59-47-24-22-35(57-44-17-7-3-13-37(44)38-14-4-8-18-45(38)57)27-41(47)42-28-43-39-15-6-10-20-52(39)60-53(43)29-51(42)59/h1-29H. The van der Waals surface area contributed by atoms with Crippen molar-refractivity contribution in [2.24, 2.45) is 0 Å². The SMILES string of the molecule is N#Cc1cc(-n2c3ccccc3c3c4ccccc4ccc32)c(C#N)cc1-n1c2ccc(-n3c4ccccc4c4ccccc43)cc2c2cc3c(cc21)sc1ccccc13. The van der Waals surface area contributed by atoms with Crippen LogP contribution in [-0.4, -0.2) is 13.7 Å². The fourth-order valence-corrected chi connectivity index (χ4v) is 11.1. The number of hydrogen-bond donors (Lipinski definition) is 0. The number of rotatable bonds is 3. The minimum atomic E-state index is 0.484. The molecule has 13 rings (SSSR count). The molecule has 6 heteroatoms. The van der Waals surface area contributed by atoms with Crippen LogP contribution in [0.1, 0.15) is 11.1 Å². The van der Waals surface area contributed by atoms with Gasteiger partial charge in [0.05, 0.1) is 55.6 Å². The van der Waals surface area contributed by atoms with Gasteiger partial charge in [0.15, 0.2) is 0 Å². The first kappa shape index (κ1) is 32.9. The van der Waals surface area contributed by atoms with Crippen molar-refractivity contribution in [1.29, 1.82) is 10.5 Å². The lowest BCUT2D eigenvalue weighted by Crippen LogP contribution is -2.04. The number of thiophene rings is 1. The zero-order chi connectivity index (χ0) is 39.6. The molecule has 0 atom stereocenters. The van der Waals surface area contributed by atoms with Crippen molar-refractivity contribution in [3.8, 4) is 29.2 Å². The first-order valence-corrected chi connectivity index (χ1v) is 20.8. The molecule has 0 spiro atoms. The van der Waals surface area contributed by atoms with E-state index in [9.17, 15) is 10.5 Å². The maximum absolute atomic E-state index is 11.1. The number of para-hydroxylation sites is 3. The van der Waals surface area contributed by atoms with E-state index < -0.39 is 0 Å². The maximum atomic E-state index is 11.1. The molecule has 4 heterocycles. The third kappa shape index (κ3) is 4.38. The summed E-state index contributed by atoms with van der Waals surface area (Å²) in [6, 6.07) is 67.0. The molecule has 60 heavy (non-hydrogen) atoms. The lowest BCUT2D eigenvalue weighted by molar-refractivity contribution is 1.12. The second kappa shape index (κ2) is 12.2. The number of nitriles is 2. The van der Waals surface area contributed by atoms with Crippen LogP contribution >= 0.6 is 11.3 Å². The highest BCUT2D eigenvalue weighted by Gasteiger charge is 2.23. The molecular weight excluding hydrogens is 751 g/mol. The van der Waals surface area contributed by atoms with Gasteiger partial charge in [-0.1, -0.05) is 103 Å². The van der Waals surface area contributed by atoms with Gasteiger partial charge in [-0.05, 0) is 83.6 Å². The fraction of sp³-hybridized carbons (Fsp3) is 0. The third-order valence-electron chi connectivity index (χ3n) is 12.5. The van der Waals surface area contributed by atoms with E-state index in [1.54, 1.807) is 11.3 Å². The Kier molecular flexibility index (Phi) is 6.67. The summed E-state index contributed by atoms with van der Waals surface area (Å²) in [7, 11) is 0. The van der Waals surface area contributed by atoms with Crippen molar-refractivity contribution < 1.29 is 0 Å². The monoisotopic (exact) mass is 779 g/mol. The van der Waals surface area contributed by atoms with Crippen LogP contribution < -0.4 is 0 Å². The molecule has 0 N–H and O–H groups in total. The van der Waals surface area contributed by atoms with E-state index in [4.69, 9.17) is 0 Å². The molecule has 0 unspecified atom stereocenters. The van der Waals surface area contributed by atoms with E-state index in [2.05, 4.69) is 184 Å². The first-order chi connectivity index (χ1) is 29.7. The molecule has 0 amide bonds. The summed E-state index contributed by atoms with van der Waals surface area (Å²) in [5, 5.41) is 33.7. The molecule has 0 radical (unpaired) electrons. The number of aromatic nitrogens is 3. The maximum Gasteiger partial charge on any atom is 0.101 e. The van der Waals surface area contributed by atoms with Gasteiger partial charge in [-0.3, -0.25) is 0 Å². The van der Waals surface area contributed by atoms with Crippen molar-refractivity contribution in [2.75, 3.05) is 0 Å². The molecule has 5 nitrogen and oxygen atoms in total. The van der Waals surface area contributed by atoms with Gasteiger partial charge in [-0.2, -0.15) is 10.5 Å². The smallest absolute Gasteiger partial charge is 0.101 e. The lowest BCUT2D eigenvalue weighted by atomic mass is 10.0. The van der Waals surface area contributed by atoms with Crippen molar-refractivity contribution in [3.05, 3.63) is 187 Å². The molecule has 0 aliphatic carbocycles. The zero-order valence-corrected chi connectivity index (χ0v) is 32.7. The number of nitrogens with zero attached hydrogens (tertiary/aromatic N) is 5. The molecule has 0 bridgehead atoms. The Balaban J connectivity index is 1.12. The summed E-state index contributed by atoms with van der Waals surface area (Å²) in [6.07, 6.45) is 0. The highest BCUT2D eigenvalue weighted by molar-refractivity contribution is 7.25.